The number of carbonyl (C=O) groups excluding carboxylic acids is 1. The lowest BCUT2D eigenvalue weighted by molar-refractivity contribution is -0.129. The van der Waals surface area contributed by atoms with Gasteiger partial charge in [0.25, 0.3) is 0 Å². The molecule has 4 nitrogen and oxygen atoms in total. The molecule has 5 heteroatoms. The molecule has 1 aromatic carbocycles. The van der Waals surface area contributed by atoms with E-state index in [2.05, 4.69) is 0 Å². The second-order valence-corrected chi connectivity index (χ2v) is 7.08. The van der Waals surface area contributed by atoms with E-state index in [4.69, 9.17) is 4.74 Å². The van der Waals surface area contributed by atoms with Crippen molar-refractivity contribution in [3.8, 4) is 5.75 Å². The van der Waals surface area contributed by atoms with Crippen LogP contribution in [0.5, 0.6) is 5.75 Å². The summed E-state index contributed by atoms with van der Waals surface area (Å²) in [5.74, 6) is 1.48. The average molecular weight is 309 g/mol. The number of hydrogen-bond donors (Lipinski definition) is 1. The fourth-order valence-electron chi connectivity index (χ4n) is 2.31. The van der Waals surface area contributed by atoms with Crippen LogP contribution in [-0.2, 0) is 4.79 Å². The van der Waals surface area contributed by atoms with E-state index in [-0.39, 0.29) is 23.3 Å². The molecule has 1 N–H and O–H groups in total. The molecule has 1 aromatic rings. The second kappa shape index (κ2) is 6.71. The number of carbonyl (C=O) groups is 1. The van der Waals surface area contributed by atoms with E-state index in [9.17, 15) is 9.90 Å². The maximum absolute atomic E-state index is 12.1. The summed E-state index contributed by atoms with van der Waals surface area (Å²) in [5, 5.41) is 9.46. The van der Waals surface area contributed by atoms with Crippen LogP contribution in [0.15, 0.2) is 24.3 Å². The van der Waals surface area contributed by atoms with Crippen LogP contribution in [-0.4, -0.2) is 41.4 Å². The summed E-state index contributed by atoms with van der Waals surface area (Å²) in [6.07, 6.45) is 0. The minimum atomic E-state index is -0.288. The summed E-state index contributed by atoms with van der Waals surface area (Å²) in [5.41, 5.74) is 0.812. The molecule has 0 radical (unpaired) electrons. The predicted molar refractivity (Wildman–Crippen MR) is 85.4 cm³/mol. The molecule has 1 unspecified atom stereocenters. The van der Waals surface area contributed by atoms with Crippen LogP contribution in [0.4, 0.5) is 0 Å². The van der Waals surface area contributed by atoms with Gasteiger partial charge in [0, 0.05) is 18.6 Å². The fourth-order valence-corrected chi connectivity index (χ4v) is 3.50. The maximum atomic E-state index is 12.1. The highest BCUT2D eigenvalue weighted by molar-refractivity contribution is 8.00. The molecule has 1 heterocycles. The van der Waals surface area contributed by atoms with Crippen LogP contribution in [0, 0.1) is 5.41 Å². The number of benzene rings is 1. The second-order valence-electron chi connectivity index (χ2n) is 6.01. The summed E-state index contributed by atoms with van der Waals surface area (Å²) in [7, 11) is 0. The minimum Gasteiger partial charge on any atom is -0.494 e. The van der Waals surface area contributed by atoms with E-state index in [1.54, 1.807) is 11.8 Å². The summed E-state index contributed by atoms with van der Waals surface area (Å²) in [6, 6.07) is 7.91. The third-order valence-corrected chi connectivity index (χ3v) is 4.73. The number of amides is 1. The smallest absolute Gasteiger partial charge is 0.233 e. The van der Waals surface area contributed by atoms with Crippen molar-refractivity contribution >= 4 is 17.7 Å². The van der Waals surface area contributed by atoms with Gasteiger partial charge >= 0.3 is 0 Å². The summed E-state index contributed by atoms with van der Waals surface area (Å²) < 4.78 is 5.45. The lowest BCUT2D eigenvalue weighted by Gasteiger charge is -2.32. The third kappa shape index (κ3) is 3.92. The number of hydrogen-bond acceptors (Lipinski definition) is 4. The molecule has 1 aliphatic heterocycles. The van der Waals surface area contributed by atoms with Gasteiger partial charge in [-0.05, 0) is 24.6 Å². The Morgan fingerprint density at radius 1 is 1.38 bits per heavy atom. The molecule has 1 atom stereocenters. The first-order chi connectivity index (χ1) is 9.96. The number of ether oxygens (including phenoxy) is 1. The summed E-state index contributed by atoms with van der Waals surface area (Å²) in [4.78, 5) is 14.0. The largest absolute Gasteiger partial charge is 0.494 e. The number of rotatable bonds is 6. The Labute approximate surface area is 130 Å². The van der Waals surface area contributed by atoms with Crippen molar-refractivity contribution in [1.82, 2.24) is 4.90 Å². The predicted octanol–water partition coefficient (Wildman–Crippen LogP) is 2.68. The van der Waals surface area contributed by atoms with Gasteiger partial charge in [-0.3, -0.25) is 4.79 Å². The topological polar surface area (TPSA) is 49.8 Å². The van der Waals surface area contributed by atoms with Crippen molar-refractivity contribution in [2.24, 2.45) is 5.41 Å². The van der Waals surface area contributed by atoms with Gasteiger partial charge in [0.05, 0.1) is 12.4 Å². The monoisotopic (exact) mass is 309 g/mol. The zero-order valence-electron chi connectivity index (χ0n) is 12.8. The van der Waals surface area contributed by atoms with Gasteiger partial charge in [-0.1, -0.05) is 26.0 Å². The number of aliphatic hydroxyl groups excluding tert-OH is 1. The molecule has 1 amide bonds. The zero-order chi connectivity index (χ0) is 15.5. The first kappa shape index (κ1) is 16.2. The normalized spacial score (nSPS) is 19.1. The Bertz CT molecular complexity index is 487. The Hall–Kier alpha value is -1.20. The highest BCUT2D eigenvalue weighted by Gasteiger charge is 2.36. The molecule has 2 rings (SSSR count). The maximum Gasteiger partial charge on any atom is 0.233 e. The summed E-state index contributed by atoms with van der Waals surface area (Å²) in [6.45, 7) is 7.17. The quantitative estimate of drug-likeness (QED) is 0.878. The van der Waals surface area contributed by atoms with Gasteiger partial charge in [-0.2, -0.15) is 0 Å². The molecule has 21 heavy (non-hydrogen) atoms. The van der Waals surface area contributed by atoms with Crippen molar-refractivity contribution in [2.45, 2.75) is 26.1 Å². The van der Waals surface area contributed by atoms with Crippen LogP contribution in [0.1, 0.15) is 31.7 Å². The molecule has 0 aliphatic carbocycles. The zero-order valence-corrected chi connectivity index (χ0v) is 13.7. The van der Waals surface area contributed by atoms with Crippen LogP contribution in [0.25, 0.3) is 0 Å². The fraction of sp³-hybridized carbons (Fsp3) is 0.562. The van der Waals surface area contributed by atoms with Gasteiger partial charge in [0.1, 0.15) is 11.1 Å². The highest BCUT2D eigenvalue weighted by Crippen LogP contribution is 2.40. The molecule has 116 valence electrons. The number of thioether (sulfide) groups is 1. The molecule has 1 aliphatic rings. The summed E-state index contributed by atoms with van der Waals surface area (Å²) >= 11 is 1.64. The Balaban J connectivity index is 2.15. The third-order valence-electron chi connectivity index (χ3n) is 3.47. The molecule has 0 bridgehead atoms. The van der Waals surface area contributed by atoms with Crippen LogP contribution < -0.4 is 4.74 Å². The van der Waals surface area contributed by atoms with Gasteiger partial charge in [0.2, 0.25) is 5.91 Å². The van der Waals surface area contributed by atoms with E-state index >= 15 is 0 Å². The van der Waals surface area contributed by atoms with E-state index in [1.165, 1.54) is 0 Å². The van der Waals surface area contributed by atoms with Crippen LogP contribution in [0.2, 0.25) is 0 Å². The average Bonchev–Trinajstić information content (AvgIpc) is 2.81. The molecular weight excluding hydrogens is 286 g/mol. The van der Waals surface area contributed by atoms with Crippen LogP contribution >= 0.6 is 11.8 Å². The SMILES string of the molecule is CCOc1ccc(C2SCC(=O)N2CC(C)(C)CO)cc1. The highest BCUT2D eigenvalue weighted by atomic mass is 32.2. The van der Waals surface area contributed by atoms with Crippen molar-refractivity contribution in [3.63, 3.8) is 0 Å². The van der Waals surface area contributed by atoms with Crippen molar-refractivity contribution in [1.29, 1.82) is 0 Å². The lowest BCUT2D eigenvalue weighted by Crippen LogP contribution is -2.38. The van der Waals surface area contributed by atoms with E-state index in [0.29, 0.717) is 18.9 Å². The van der Waals surface area contributed by atoms with Crippen molar-refractivity contribution in [2.75, 3.05) is 25.5 Å². The van der Waals surface area contributed by atoms with Crippen molar-refractivity contribution in [3.05, 3.63) is 29.8 Å². The van der Waals surface area contributed by atoms with Gasteiger partial charge in [0.15, 0.2) is 0 Å². The molecule has 0 aromatic heterocycles. The van der Waals surface area contributed by atoms with Crippen LogP contribution in [0.3, 0.4) is 0 Å². The van der Waals surface area contributed by atoms with Gasteiger partial charge in [-0.25, -0.2) is 0 Å². The van der Waals surface area contributed by atoms with E-state index < -0.39 is 0 Å². The molecule has 0 saturated carbocycles. The van der Waals surface area contributed by atoms with E-state index in [1.807, 2.05) is 49.9 Å². The Morgan fingerprint density at radius 3 is 2.62 bits per heavy atom. The molecule has 1 fully saturated rings. The van der Waals surface area contributed by atoms with E-state index in [0.717, 1.165) is 11.3 Å². The minimum absolute atomic E-state index is 0.0269. The first-order valence-corrected chi connectivity index (χ1v) is 8.26. The molecular formula is C16H23NO3S. The van der Waals surface area contributed by atoms with Gasteiger partial charge in [-0.15, -0.1) is 11.8 Å². The molecule has 1 saturated heterocycles. The standard InChI is InChI=1S/C16H23NO3S/c1-4-20-13-7-5-12(6-8-13)15-17(14(19)9-21-15)10-16(2,3)11-18/h5-8,15,18H,4,9-11H2,1-3H3. The lowest BCUT2D eigenvalue weighted by atomic mass is 9.94. The molecule has 0 spiro atoms. The number of aliphatic hydroxyl groups is 1. The Morgan fingerprint density at radius 2 is 2.05 bits per heavy atom. The Kier molecular flexibility index (Phi) is 5.17. The first-order valence-electron chi connectivity index (χ1n) is 7.21. The van der Waals surface area contributed by atoms with Crippen molar-refractivity contribution < 1.29 is 14.6 Å². The van der Waals surface area contributed by atoms with Gasteiger partial charge < -0.3 is 14.7 Å². The number of nitrogens with zero attached hydrogens (tertiary/aromatic N) is 1.